The van der Waals surface area contributed by atoms with Crippen LogP contribution in [0.15, 0.2) is 18.2 Å². The van der Waals surface area contributed by atoms with Crippen LogP contribution in [0.25, 0.3) is 0 Å². The monoisotopic (exact) mass is 277 g/mol. The van der Waals surface area contributed by atoms with Gasteiger partial charge in [0.2, 0.25) is 0 Å². The molecule has 0 unspecified atom stereocenters. The van der Waals surface area contributed by atoms with E-state index in [4.69, 9.17) is 4.74 Å². The predicted octanol–water partition coefficient (Wildman–Crippen LogP) is 3.24. The molecule has 1 fully saturated rings. The molecule has 1 aromatic carbocycles. The summed E-state index contributed by atoms with van der Waals surface area (Å²) < 4.78 is 5.10. The van der Waals surface area contributed by atoms with Crippen LogP contribution in [0.1, 0.15) is 55.3 Å². The summed E-state index contributed by atoms with van der Waals surface area (Å²) in [4.78, 5) is 12.3. The molecule has 20 heavy (non-hydrogen) atoms. The zero-order chi connectivity index (χ0) is 14.4. The number of carbonyl (C=O) groups excluding carboxylic acids is 1. The molecule has 1 amide bonds. The maximum Gasteiger partial charge on any atom is 0.255 e. The Hall–Kier alpha value is -1.71. The number of benzene rings is 1. The van der Waals surface area contributed by atoms with Crippen molar-refractivity contribution >= 4 is 5.91 Å². The average molecular weight is 277 g/mol. The van der Waals surface area contributed by atoms with Crippen LogP contribution in [0.2, 0.25) is 0 Å². The number of hydrogen-bond acceptors (Lipinski definition) is 3. The lowest BCUT2D eigenvalue weighted by Gasteiger charge is -2.21. The van der Waals surface area contributed by atoms with Crippen molar-refractivity contribution in [1.29, 1.82) is 0 Å². The van der Waals surface area contributed by atoms with E-state index in [0.717, 1.165) is 25.7 Å². The van der Waals surface area contributed by atoms with Crippen molar-refractivity contribution in [3.8, 4) is 11.5 Å². The molecule has 2 rings (SSSR count). The zero-order valence-electron chi connectivity index (χ0n) is 12.0. The molecule has 0 aromatic heterocycles. The Morgan fingerprint density at radius 3 is 2.50 bits per heavy atom. The molecule has 1 aromatic rings. The molecule has 0 atom stereocenters. The highest BCUT2D eigenvalue weighted by Gasteiger charge is 2.18. The number of carbonyl (C=O) groups is 1. The lowest BCUT2D eigenvalue weighted by atomic mass is 9.96. The number of methoxy groups -OCH3 is 1. The largest absolute Gasteiger partial charge is 0.507 e. The van der Waals surface area contributed by atoms with Crippen molar-refractivity contribution in [3.05, 3.63) is 23.8 Å². The topological polar surface area (TPSA) is 58.6 Å². The van der Waals surface area contributed by atoms with Crippen molar-refractivity contribution < 1.29 is 14.6 Å². The molecule has 0 aliphatic heterocycles. The Kier molecular flexibility index (Phi) is 5.27. The predicted molar refractivity (Wildman–Crippen MR) is 78.2 cm³/mol. The van der Waals surface area contributed by atoms with Gasteiger partial charge in [0.05, 0.1) is 12.7 Å². The van der Waals surface area contributed by atoms with E-state index in [1.165, 1.54) is 25.3 Å². The summed E-state index contributed by atoms with van der Waals surface area (Å²) in [5, 5.41) is 12.9. The molecule has 0 heterocycles. The third-order valence-corrected chi connectivity index (χ3v) is 3.89. The summed E-state index contributed by atoms with van der Waals surface area (Å²) in [5.74, 6) is 0.353. The first-order chi connectivity index (χ1) is 9.70. The molecule has 2 N–H and O–H groups in total. The van der Waals surface area contributed by atoms with Gasteiger partial charge in [-0.25, -0.2) is 0 Å². The van der Waals surface area contributed by atoms with Gasteiger partial charge in [0.1, 0.15) is 11.5 Å². The highest BCUT2D eigenvalue weighted by Crippen LogP contribution is 2.24. The van der Waals surface area contributed by atoms with Crippen molar-refractivity contribution in [2.24, 2.45) is 0 Å². The van der Waals surface area contributed by atoms with Crippen molar-refractivity contribution in [1.82, 2.24) is 5.32 Å². The van der Waals surface area contributed by atoms with E-state index in [1.54, 1.807) is 19.2 Å². The molecular weight excluding hydrogens is 254 g/mol. The molecule has 0 spiro atoms. The first kappa shape index (κ1) is 14.7. The lowest BCUT2D eigenvalue weighted by molar-refractivity contribution is 0.0927. The first-order valence-corrected chi connectivity index (χ1v) is 7.38. The highest BCUT2D eigenvalue weighted by molar-refractivity contribution is 5.97. The van der Waals surface area contributed by atoms with Gasteiger partial charge in [-0.15, -0.1) is 0 Å². The fourth-order valence-electron chi connectivity index (χ4n) is 2.69. The molecule has 0 radical (unpaired) electrons. The van der Waals surface area contributed by atoms with Crippen LogP contribution < -0.4 is 10.1 Å². The van der Waals surface area contributed by atoms with E-state index in [1.807, 2.05) is 0 Å². The SMILES string of the molecule is COc1ccc(O)c(C(=O)NC2CCCCCCC2)c1. The van der Waals surface area contributed by atoms with Crippen molar-refractivity contribution in [2.75, 3.05) is 7.11 Å². The molecule has 4 heteroatoms. The van der Waals surface area contributed by atoms with Crippen LogP contribution in [0, 0.1) is 0 Å². The Morgan fingerprint density at radius 2 is 1.85 bits per heavy atom. The Balaban J connectivity index is 2.03. The summed E-state index contributed by atoms with van der Waals surface area (Å²) >= 11 is 0. The van der Waals surface area contributed by atoms with Gasteiger partial charge in [0.25, 0.3) is 5.91 Å². The first-order valence-electron chi connectivity index (χ1n) is 7.38. The van der Waals surface area contributed by atoms with Gasteiger partial charge in [-0.2, -0.15) is 0 Å². The Bertz CT molecular complexity index is 451. The van der Waals surface area contributed by atoms with Gasteiger partial charge in [-0.05, 0) is 31.0 Å². The summed E-state index contributed by atoms with van der Waals surface area (Å²) in [6, 6.07) is 4.93. The number of phenolic OH excluding ortho intramolecular Hbond substituents is 1. The van der Waals surface area contributed by atoms with E-state index >= 15 is 0 Å². The maximum atomic E-state index is 12.3. The highest BCUT2D eigenvalue weighted by atomic mass is 16.5. The number of phenols is 1. The van der Waals surface area contributed by atoms with Gasteiger partial charge in [-0.1, -0.05) is 32.1 Å². The second-order valence-corrected chi connectivity index (χ2v) is 5.40. The van der Waals surface area contributed by atoms with Crippen LogP contribution >= 0.6 is 0 Å². The normalized spacial score (nSPS) is 17.1. The number of aromatic hydroxyl groups is 1. The lowest BCUT2D eigenvalue weighted by Crippen LogP contribution is -2.35. The minimum atomic E-state index is -0.216. The van der Waals surface area contributed by atoms with Crippen molar-refractivity contribution in [2.45, 2.75) is 51.0 Å². The Labute approximate surface area is 120 Å². The fraction of sp³-hybridized carbons (Fsp3) is 0.562. The molecule has 4 nitrogen and oxygen atoms in total. The zero-order valence-corrected chi connectivity index (χ0v) is 12.0. The number of nitrogens with one attached hydrogen (secondary N) is 1. The fourth-order valence-corrected chi connectivity index (χ4v) is 2.69. The van der Waals surface area contributed by atoms with E-state index in [-0.39, 0.29) is 23.3 Å². The van der Waals surface area contributed by atoms with Crippen LogP contribution in [0.4, 0.5) is 0 Å². The van der Waals surface area contributed by atoms with E-state index in [9.17, 15) is 9.90 Å². The minimum Gasteiger partial charge on any atom is -0.507 e. The molecular formula is C16H23NO3. The van der Waals surface area contributed by atoms with E-state index < -0.39 is 0 Å². The molecule has 1 aliphatic carbocycles. The molecule has 1 aliphatic rings. The van der Waals surface area contributed by atoms with Crippen LogP contribution in [-0.4, -0.2) is 24.2 Å². The standard InChI is InChI=1S/C16H23NO3/c1-20-13-9-10-15(18)14(11-13)16(19)17-12-7-5-3-2-4-6-8-12/h9-12,18H,2-8H2,1H3,(H,17,19). The summed E-state index contributed by atoms with van der Waals surface area (Å²) in [5.41, 5.74) is 0.284. The van der Waals surface area contributed by atoms with Crippen LogP contribution in [0.5, 0.6) is 11.5 Å². The summed E-state index contributed by atoms with van der Waals surface area (Å²) in [6.45, 7) is 0. The average Bonchev–Trinajstić information content (AvgIpc) is 2.42. The molecule has 1 saturated carbocycles. The summed E-state index contributed by atoms with van der Waals surface area (Å²) in [7, 11) is 1.54. The van der Waals surface area contributed by atoms with Crippen LogP contribution in [0.3, 0.4) is 0 Å². The van der Waals surface area contributed by atoms with Gasteiger partial charge >= 0.3 is 0 Å². The van der Waals surface area contributed by atoms with Gasteiger partial charge in [0, 0.05) is 6.04 Å². The summed E-state index contributed by atoms with van der Waals surface area (Å²) in [6.07, 6.45) is 8.17. The minimum absolute atomic E-state index is 0.00542. The van der Waals surface area contributed by atoms with Gasteiger partial charge < -0.3 is 15.2 Å². The third-order valence-electron chi connectivity index (χ3n) is 3.89. The van der Waals surface area contributed by atoms with E-state index in [2.05, 4.69) is 5.32 Å². The second kappa shape index (κ2) is 7.17. The van der Waals surface area contributed by atoms with Gasteiger partial charge in [0.15, 0.2) is 0 Å². The third kappa shape index (κ3) is 3.89. The number of amides is 1. The Morgan fingerprint density at radius 1 is 1.20 bits per heavy atom. The maximum absolute atomic E-state index is 12.3. The van der Waals surface area contributed by atoms with Crippen molar-refractivity contribution in [3.63, 3.8) is 0 Å². The van der Waals surface area contributed by atoms with Crippen LogP contribution in [-0.2, 0) is 0 Å². The molecule has 0 bridgehead atoms. The number of hydrogen-bond donors (Lipinski definition) is 2. The second-order valence-electron chi connectivity index (χ2n) is 5.40. The number of ether oxygens (including phenoxy) is 1. The molecule has 0 saturated heterocycles. The van der Waals surface area contributed by atoms with Gasteiger partial charge in [-0.3, -0.25) is 4.79 Å². The molecule has 110 valence electrons. The number of rotatable bonds is 3. The quantitative estimate of drug-likeness (QED) is 0.891. The smallest absolute Gasteiger partial charge is 0.255 e. The van der Waals surface area contributed by atoms with E-state index in [0.29, 0.717) is 5.75 Å².